The molecule has 5 atom stereocenters. The fourth-order valence-corrected chi connectivity index (χ4v) is 3.04. The van der Waals surface area contributed by atoms with Crippen LogP contribution in [-0.2, 0) is 9.47 Å². The lowest BCUT2D eigenvalue weighted by atomic mass is 9.71. The van der Waals surface area contributed by atoms with Crippen LogP contribution < -0.4 is 10.6 Å². The second-order valence-electron chi connectivity index (χ2n) is 7.69. The van der Waals surface area contributed by atoms with Crippen molar-refractivity contribution >= 4 is 6.09 Å². The minimum Gasteiger partial charge on any atom is -0.444 e. The Balaban J connectivity index is 1.94. The molecule has 0 spiro atoms. The Bertz CT molecular complexity index is 378. The van der Waals surface area contributed by atoms with Crippen LogP contribution in [0, 0.1) is 11.8 Å². The number of ether oxygens (including phenoxy) is 2. The molecule has 2 rings (SSSR count). The second-order valence-corrected chi connectivity index (χ2v) is 7.69. The Hall–Kier alpha value is -0.810. The van der Waals surface area contributed by atoms with Crippen molar-refractivity contribution < 1.29 is 14.3 Å². The lowest BCUT2D eigenvalue weighted by Crippen LogP contribution is -2.71. The fourth-order valence-electron chi connectivity index (χ4n) is 3.04. The van der Waals surface area contributed by atoms with E-state index in [9.17, 15) is 4.79 Å². The van der Waals surface area contributed by atoms with E-state index in [-0.39, 0.29) is 24.3 Å². The number of hydrogen-bond acceptors (Lipinski definition) is 4. The standard InChI is InChI=1S/C16H30N2O3/c1-9(2)10(3)17-13-12(11-7-8-20-14(11)13)18-15(19)21-16(4,5)6/h9-14,17H,7-8H2,1-6H3,(H,18,19). The van der Waals surface area contributed by atoms with Gasteiger partial charge in [0.2, 0.25) is 0 Å². The van der Waals surface area contributed by atoms with E-state index in [0.29, 0.717) is 17.9 Å². The van der Waals surface area contributed by atoms with E-state index in [1.807, 2.05) is 20.8 Å². The summed E-state index contributed by atoms with van der Waals surface area (Å²) in [6, 6.07) is 0.680. The monoisotopic (exact) mass is 298 g/mol. The Morgan fingerprint density at radius 2 is 1.90 bits per heavy atom. The Labute approximate surface area is 128 Å². The number of carbonyl (C=O) groups is 1. The van der Waals surface area contributed by atoms with E-state index in [2.05, 4.69) is 31.4 Å². The number of rotatable bonds is 4. The van der Waals surface area contributed by atoms with Gasteiger partial charge in [-0.3, -0.25) is 0 Å². The SMILES string of the molecule is CC(C)C(C)NC1C(NC(=O)OC(C)(C)C)C2CCOC21. The smallest absolute Gasteiger partial charge is 0.407 e. The lowest BCUT2D eigenvalue weighted by Gasteiger charge is -2.49. The van der Waals surface area contributed by atoms with Crippen LogP contribution >= 0.6 is 0 Å². The van der Waals surface area contributed by atoms with Gasteiger partial charge in [0.25, 0.3) is 0 Å². The first kappa shape index (κ1) is 16.6. The highest BCUT2D eigenvalue weighted by molar-refractivity contribution is 5.68. The van der Waals surface area contributed by atoms with Crippen molar-refractivity contribution in [1.82, 2.24) is 10.6 Å². The summed E-state index contributed by atoms with van der Waals surface area (Å²) < 4.78 is 11.2. The fraction of sp³-hybridized carbons (Fsp3) is 0.938. The second kappa shape index (κ2) is 6.13. The first-order valence-electron chi connectivity index (χ1n) is 8.06. The molecule has 1 saturated carbocycles. The average molecular weight is 298 g/mol. The predicted octanol–water partition coefficient (Wildman–Crippen LogP) is 2.30. The number of nitrogens with one attached hydrogen (secondary N) is 2. The van der Waals surface area contributed by atoms with Crippen LogP contribution in [0.25, 0.3) is 0 Å². The molecule has 1 saturated heterocycles. The highest BCUT2D eigenvalue weighted by Crippen LogP contribution is 2.39. The molecule has 5 heteroatoms. The van der Waals surface area contributed by atoms with Gasteiger partial charge in [-0.15, -0.1) is 0 Å². The maximum Gasteiger partial charge on any atom is 0.407 e. The zero-order valence-corrected chi connectivity index (χ0v) is 14.1. The Kier molecular flexibility index (Phi) is 4.83. The summed E-state index contributed by atoms with van der Waals surface area (Å²) in [6.07, 6.45) is 0.910. The van der Waals surface area contributed by atoms with Gasteiger partial charge >= 0.3 is 6.09 Å². The molecule has 1 aliphatic heterocycles. The highest BCUT2D eigenvalue weighted by Gasteiger charge is 2.55. The average Bonchev–Trinajstić information content (AvgIpc) is 2.75. The molecule has 0 bridgehead atoms. The van der Waals surface area contributed by atoms with Crippen LogP contribution in [-0.4, -0.2) is 42.5 Å². The summed E-state index contributed by atoms with van der Waals surface area (Å²) in [7, 11) is 0. The summed E-state index contributed by atoms with van der Waals surface area (Å²) >= 11 is 0. The third kappa shape index (κ3) is 3.89. The first-order valence-corrected chi connectivity index (χ1v) is 8.06. The van der Waals surface area contributed by atoms with Gasteiger partial charge in [-0.25, -0.2) is 4.79 Å². The van der Waals surface area contributed by atoms with E-state index >= 15 is 0 Å². The molecule has 0 aromatic carbocycles. The molecule has 0 aromatic heterocycles. The minimum atomic E-state index is -0.465. The molecule has 122 valence electrons. The van der Waals surface area contributed by atoms with Gasteiger partial charge in [-0.2, -0.15) is 0 Å². The molecule has 2 fully saturated rings. The topological polar surface area (TPSA) is 59.6 Å². The Morgan fingerprint density at radius 3 is 2.48 bits per heavy atom. The van der Waals surface area contributed by atoms with Gasteiger partial charge in [0.1, 0.15) is 5.60 Å². The van der Waals surface area contributed by atoms with Crippen molar-refractivity contribution in [3.05, 3.63) is 0 Å². The third-order valence-electron chi connectivity index (χ3n) is 4.52. The van der Waals surface area contributed by atoms with Crippen LogP contribution in [0.15, 0.2) is 0 Å². The van der Waals surface area contributed by atoms with E-state index in [1.165, 1.54) is 0 Å². The van der Waals surface area contributed by atoms with Crippen molar-refractivity contribution in [1.29, 1.82) is 0 Å². The van der Waals surface area contributed by atoms with Crippen molar-refractivity contribution in [3.63, 3.8) is 0 Å². The molecule has 2 aliphatic rings. The molecule has 0 aromatic rings. The quantitative estimate of drug-likeness (QED) is 0.836. The molecule has 2 N–H and O–H groups in total. The number of fused-ring (bicyclic) bond motifs is 1. The summed E-state index contributed by atoms with van der Waals surface area (Å²) in [4.78, 5) is 12.0. The summed E-state index contributed by atoms with van der Waals surface area (Å²) in [5, 5.41) is 6.65. The van der Waals surface area contributed by atoms with E-state index in [4.69, 9.17) is 9.47 Å². The predicted molar refractivity (Wildman–Crippen MR) is 82.2 cm³/mol. The van der Waals surface area contributed by atoms with Crippen molar-refractivity contribution in [2.45, 2.75) is 77.8 Å². The zero-order chi connectivity index (χ0) is 15.8. The summed E-state index contributed by atoms with van der Waals surface area (Å²) in [6.45, 7) is 13.0. The maximum absolute atomic E-state index is 12.0. The molecule has 1 heterocycles. The largest absolute Gasteiger partial charge is 0.444 e. The summed E-state index contributed by atoms with van der Waals surface area (Å²) in [5.74, 6) is 0.960. The van der Waals surface area contributed by atoms with Crippen LogP contribution in [0.4, 0.5) is 4.79 Å². The molecular formula is C16H30N2O3. The van der Waals surface area contributed by atoms with Gasteiger partial charge in [0, 0.05) is 18.6 Å². The van der Waals surface area contributed by atoms with Gasteiger partial charge in [-0.05, 0) is 40.0 Å². The lowest BCUT2D eigenvalue weighted by molar-refractivity contribution is -0.0386. The highest BCUT2D eigenvalue weighted by atomic mass is 16.6. The van der Waals surface area contributed by atoms with Crippen LogP contribution in [0.3, 0.4) is 0 Å². The molecule has 1 aliphatic carbocycles. The molecular weight excluding hydrogens is 268 g/mol. The molecule has 21 heavy (non-hydrogen) atoms. The van der Waals surface area contributed by atoms with E-state index in [0.717, 1.165) is 13.0 Å². The van der Waals surface area contributed by atoms with E-state index < -0.39 is 5.60 Å². The van der Waals surface area contributed by atoms with Crippen molar-refractivity contribution in [2.24, 2.45) is 11.8 Å². The van der Waals surface area contributed by atoms with Crippen LogP contribution in [0.2, 0.25) is 0 Å². The van der Waals surface area contributed by atoms with E-state index in [1.54, 1.807) is 0 Å². The normalized spacial score (nSPS) is 33.3. The van der Waals surface area contributed by atoms with Gasteiger partial charge in [0.15, 0.2) is 0 Å². The van der Waals surface area contributed by atoms with Gasteiger partial charge < -0.3 is 20.1 Å². The van der Waals surface area contributed by atoms with Crippen LogP contribution in [0.5, 0.6) is 0 Å². The molecule has 5 nitrogen and oxygen atoms in total. The molecule has 5 unspecified atom stereocenters. The molecule has 1 amide bonds. The maximum atomic E-state index is 12.0. The van der Waals surface area contributed by atoms with Gasteiger partial charge in [0.05, 0.1) is 18.2 Å². The first-order chi connectivity index (χ1) is 9.69. The number of carbonyl (C=O) groups excluding carboxylic acids is 1. The number of amides is 1. The Morgan fingerprint density at radius 1 is 1.24 bits per heavy atom. The van der Waals surface area contributed by atoms with Crippen molar-refractivity contribution in [2.75, 3.05) is 6.61 Å². The van der Waals surface area contributed by atoms with Crippen molar-refractivity contribution in [3.8, 4) is 0 Å². The number of hydrogen-bond donors (Lipinski definition) is 2. The zero-order valence-electron chi connectivity index (χ0n) is 14.1. The minimum absolute atomic E-state index is 0.105. The summed E-state index contributed by atoms with van der Waals surface area (Å²) in [5.41, 5.74) is -0.465. The van der Waals surface area contributed by atoms with Gasteiger partial charge in [-0.1, -0.05) is 13.8 Å². The number of alkyl carbamates (subject to hydrolysis) is 1. The molecule has 0 radical (unpaired) electrons. The third-order valence-corrected chi connectivity index (χ3v) is 4.52. The van der Waals surface area contributed by atoms with Crippen LogP contribution in [0.1, 0.15) is 48.0 Å².